The van der Waals surface area contributed by atoms with Crippen LogP contribution in [0.2, 0.25) is 0 Å². The Morgan fingerprint density at radius 2 is 1.60 bits per heavy atom. The van der Waals surface area contributed by atoms with Gasteiger partial charge in [-0.2, -0.15) is 0 Å². The molecule has 9 heteroatoms. The Morgan fingerprint density at radius 3 is 2.17 bits per heavy atom. The quantitative estimate of drug-likeness (QED) is 0.370. The van der Waals surface area contributed by atoms with E-state index < -0.39 is 10.0 Å². The molecule has 156 valence electrons. The Bertz CT molecular complexity index is 1120. The molecular weight excluding hydrogens is 440 g/mol. The second kappa shape index (κ2) is 9.46. The molecule has 30 heavy (non-hydrogen) atoms. The van der Waals surface area contributed by atoms with Gasteiger partial charge in [-0.3, -0.25) is 14.3 Å². The maximum absolute atomic E-state index is 12.4. The van der Waals surface area contributed by atoms with Gasteiger partial charge in [0.1, 0.15) is 4.21 Å². The van der Waals surface area contributed by atoms with Crippen LogP contribution in [0.5, 0.6) is 0 Å². The first-order valence-corrected chi connectivity index (χ1v) is 12.2. The highest BCUT2D eigenvalue weighted by Crippen LogP contribution is 2.27. The summed E-state index contributed by atoms with van der Waals surface area (Å²) in [5.74, 6) is -0.198. The molecule has 0 fully saturated rings. The van der Waals surface area contributed by atoms with Crippen LogP contribution in [0.15, 0.2) is 75.1 Å². The van der Waals surface area contributed by atoms with Gasteiger partial charge in [0.25, 0.3) is 10.0 Å². The topological polar surface area (TPSA) is 92.3 Å². The van der Waals surface area contributed by atoms with Crippen molar-refractivity contribution < 1.29 is 18.0 Å². The zero-order chi connectivity index (χ0) is 21.7. The number of hydrogen-bond acceptors (Lipinski definition) is 6. The average Bonchev–Trinajstić information content (AvgIpc) is 3.25. The molecule has 0 spiro atoms. The maximum Gasteiger partial charge on any atom is 0.271 e. The lowest BCUT2D eigenvalue weighted by atomic mass is 10.1. The number of thioether (sulfide) groups is 1. The van der Waals surface area contributed by atoms with Crippen molar-refractivity contribution in [2.45, 2.75) is 28.2 Å². The highest BCUT2D eigenvalue weighted by atomic mass is 32.2. The molecule has 6 nitrogen and oxygen atoms in total. The fourth-order valence-electron chi connectivity index (χ4n) is 2.51. The minimum atomic E-state index is -3.59. The summed E-state index contributed by atoms with van der Waals surface area (Å²) in [4.78, 5) is 24.6. The van der Waals surface area contributed by atoms with Crippen LogP contribution < -0.4 is 10.0 Å². The number of amides is 1. The molecule has 3 rings (SSSR count). The van der Waals surface area contributed by atoms with Crippen molar-refractivity contribution >= 4 is 56.2 Å². The van der Waals surface area contributed by atoms with Crippen LogP contribution in [-0.4, -0.2) is 25.4 Å². The van der Waals surface area contributed by atoms with Crippen molar-refractivity contribution in [2.75, 3.05) is 10.0 Å². The molecule has 1 atom stereocenters. The van der Waals surface area contributed by atoms with Gasteiger partial charge in [0.2, 0.25) is 5.91 Å². The van der Waals surface area contributed by atoms with Crippen LogP contribution in [-0.2, 0) is 14.8 Å². The van der Waals surface area contributed by atoms with Crippen LogP contribution in [0.3, 0.4) is 0 Å². The summed E-state index contributed by atoms with van der Waals surface area (Å²) in [6.45, 7) is 3.28. The zero-order valence-electron chi connectivity index (χ0n) is 16.3. The molecule has 1 amide bonds. The molecule has 0 saturated heterocycles. The van der Waals surface area contributed by atoms with Gasteiger partial charge in [-0.1, -0.05) is 6.07 Å². The molecule has 1 heterocycles. The van der Waals surface area contributed by atoms with Crippen molar-refractivity contribution in [3.63, 3.8) is 0 Å². The maximum atomic E-state index is 12.4. The fourth-order valence-corrected chi connectivity index (χ4v) is 5.43. The molecule has 2 aromatic carbocycles. The lowest BCUT2D eigenvalue weighted by Gasteiger charge is -2.13. The molecule has 0 radical (unpaired) electrons. The van der Waals surface area contributed by atoms with Gasteiger partial charge in [-0.25, -0.2) is 8.42 Å². The van der Waals surface area contributed by atoms with Crippen LogP contribution in [0.4, 0.5) is 11.4 Å². The zero-order valence-corrected chi connectivity index (χ0v) is 18.7. The predicted molar refractivity (Wildman–Crippen MR) is 122 cm³/mol. The molecular formula is C21H20N2O4S3. The Kier molecular flexibility index (Phi) is 6.96. The average molecular weight is 461 g/mol. The van der Waals surface area contributed by atoms with E-state index in [9.17, 15) is 18.0 Å². The summed E-state index contributed by atoms with van der Waals surface area (Å²) in [5, 5.41) is 4.16. The molecule has 0 aliphatic carbocycles. The summed E-state index contributed by atoms with van der Waals surface area (Å²) in [6, 6.07) is 16.8. The van der Waals surface area contributed by atoms with Crippen molar-refractivity contribution in [1.82, 2.24) is 0 Å². The Labute approximate surface area is 183 Å². The van der Waals surface area contributed by atoms with Gasteiger partial charge in [0.05, 0.1) is 5.25 Å². The number of Topliss-reactive ketones (excluding diaryl/α,β-unsaturated/α-hetero) is 1. The summed E-state index contributed by atoms with van der Waals surface area (Å²) < 4.78 is 27.3. The van der Waals surface area contributed by atoms with E-state index in [1.807, 2.05) is 0 Å². The number of sulfonamides is 1. The largest absolute Gasteiger partial charge is 0.325 e. The minimum Gasteiger partial charge on any atom is -0.325 e. The molecule has 2 N–H and O–H groups in total. The summed E-state index contributed by atoms with van der Waals surface area (Å²) >= 11 is 2.51. The second-order valence-electron chi connectivity index (χ2n) is 6.44. The molecule has 0 bridgehead atoms. The monoisotopic (exact) mass is 460 g/mol. The van der Waals surface area contributed by atoms with Gasteiger partial charge < -0.3 is 5.32 Å². The number of nitrogens with one attached hydrogen (secondary N) is 2. The molecule has 1 aromatic heterocycles. The number of thiophene rings is 1. The van der Waals surface area contributed by atoms with E-state index in [0.717, 1.165) is 16.2 Å². The summed E-state index contributed by atoms with van der Waals surface area (Å²) in [6.07, 6.45) is 0. The lowest BCUT2D eigenvalue weighted by Crippen LogP contribution is -2.22. The van der Waals surface area contributed by atoms with Gasteiger partial charge in [0.15, 0.2) is 5.78 Å². The van der Waals surface area contributed by atoms with Crippen molar-refractivity contribution in [2.24, 2.45) is 0 Å². The first kappa shape index (κ1) is 22.1. The fraction of sp³-hybridized carbons (Fsp3) is 0.143. The van der Waals surface area contributed by atoms with Crippen LogP contribution in [0.25, 0.3) is 0 Å². The molecule has 0 aliphatic heterocycles. The lowest BCUT2D eigenvalue weighted by molar-refractivity contribution is -0.115. The van der Waals surface area contributed by atoms with Crippen molar-refractivity contribution in [1.29, 1.82) is 0 Å². The highest BCUT2D eigenvalue weighted by molar-refractivity contribution is 8.00. The molecule has 1 unspecified atom stereocenters. The summed E-state index contributed by atoms with van der Waals surface area (Å²) in [5.41, 5.74) is 1.66. The van der Waals surface area contributed by atoms with Gasteiger partial charge in [-0.05, 0) is 73.8 Å². The number of hydrogen-bond donors (Lipinski definition) is 2. The van der Waals surface area contributed by atoms with Crippen LogP contribution in [0, 0.1) is 0 Å². The SMILES string of the molecule is CC(=O)c1ccc(NC(=O)C(C)Sc2ccc(NS(=O)(=O)c3cccs3)cc2)cc1. The van der Waals surface area contributed by atoms with Crippen LogP contribution >= 0.6 is 23.1 Å². The third-order valence-electron chi connectivity index (χ3n) is 4.11. The van der Waals surface area contributed by atoms with Gasteiger partial charge in [0, 0.05) is 21.8 Å². The normalized spacial score (nSPS) is 12.2. The van der Waals surface area contributed by atoms with E-state index in [0.29, 0.717) is 16.9 Å². The van der Waals surface area contributed by atoms with Crippen molar-refractivity contribution in [3.05, 3.63) is 71.6 Å². The number of anilines is 2. The van der Waals surface area contributed by atoms with E-state index in [1.54, 1.807) is 73.0 Å². The second-order valence-corrected chi connectivity index (χ2v) is 10.7. The highest BCUT2D eigenvalue weighted by Gasteiger charge is 2.17. The van der Waals surface area contributed by atoms with E-state index in [2.05, 4.69) is 10.0 Å². The predicted octanol–water partition coefficient (Wildman–Crippen LogP) is 4.87. The Balaban J connectivity index is 1.58. The number of carbonyl (C=O) groups is 2. The van der Waals surface area contributed by atoms with Crippen LogP contribution in [0.1, 0.15) is 24.2 Å². The van der Waals surface area contributed by atoms with Gasteiger partial charge in [-0.15, -0.1) is 23.1 Å². The number of carbonyl (C=O) groups excluding carboxylic acids is 2. The van der Waals surface area contributed by atoms with Crippen molar-refractivity contribution in [3.8, 4) is 0 Å². The minimum absolute atomic E-state index is 0.0297. The summed E-state index contributed by atoms with van der Waals surface area (Å²) in [7, 11) is -3.59. The molecule has 0 aliphatic rings. The van der Waals surface area contributed by atoms with E-state index >= 15 is 0 Å². The molecule has 3 aromatic rings. The number of benzene rings is 2. The third kappa shape index (κ3) is 5.71. The van der Waals surface area contributed by atoms with Gasteiger partial charge >= 0.3 is 0 Å². The van der Waals surface area contributed by atoms with E-state index in [-0.39, 0.29) is 21.1 Å². The standard InChI is InChI=1S/C21H20N2O4S3/c1-14(24)16-5-7-17(8-6-16)22-21(25)15(2)29-19-11-9-18(10-12-19)23-30(26,27)20-4-3-13-28-20/h3-13,15,23H,1-2H3,(H,22,25). The first-order valence-electron chi connectivity index (χ1n) is 8.99. The number of ketones is 1. The smallest absolute Gasteiger partial charge is 0.271 e. The third-order valence-corrected chi connectivity index (χ3v) is 8.00. The number of rotatable bonds is 8. The first-order chi connectivity index (χ1) is 14.2. The Morgan fingerprint density at radius 1 is 0.967 bits per heavy atom. The molecule has 0 saturated carbocycles. The Hall–Kier alpha value is -2.62. The van der Waals surface area contributed by atoms with E-state index in [1.165, 1.54) is 18.7 Å². The van der Waals surface area contributed by atoms with E-state index in [4.69, 9.17) is 0 Å².